The fraction of sp³-hybridized carbons (Fsp3) is 0.941. The third kappa shape index (κ3) is 62.6. The Balaban J connectivity index is 5.19. The zero-order valence-corrected chi connectivity index (χ0v) is 58.1. The molecule has 0 aliphatic carbocycles. The fourth-order valence-electron chi connectivity index (χ4n) is 10.2. The summed E-state index contributed by atoms with van der Waals surface area (Å²) < 4.78 is 68.1. The summed E-state index contributed by atoms with van der Waals surface area (Å²) in [4.78, 5) is 72.3. The molecule has 0 aliphatic heterocycles. The number of unbranched alkanes of at least 4 members (excludes halogenated alkanes) is 37. The second kappa shape index (κ2) is 60.3. The third-order valence-corrected chi connectivity index (χ3v) is 17.6. The molecule has 0 aromatic carbocycles. The molecule has 3 N–H and O–H groups in total. The minimum absolute atomic E-state index is 0.101. The van der Waals surface area contributed by atoms with Gasteiger partial charge in [0.15, 0.2) is 12.2 Å². The van der Waals surface area contributed by atoms with Crippen molar-refractivity contribution in [1.29, 1.82) is 0 Å². The Kier molecular flexibility index (Phi) is 59.0. The fourth-order valence-corrected chi connectivity index (χ4v) is 11.8. The first-order valence-corrected chi connectivity index (χ1v) is 38.5. The molecular formula is C68H132O17P2. The van der Waals surface area contributed by atoms with E-state index in [4.69, 9.17) is 37.0 Å². The first-order chi connectivity index (χ1) is 41.9. The highest BCUT2D eigenvalue weighted by molar-refractivity contribution is 7.47. The summed E-state index contributed by atoms with van der Waals surface area (Å²) in [6.07, 6.45) is 44.8. The number of phosphoric ester groups is 2. The molecule has 0 spiro atoms. The van der Waals surface area contributed by atoms with Crippen LogP contribution in [-0.2, 0) is 65.4 Å². The van der Waals surface area contributed by atoms with Gasteiger partial charge in [-0.25, -0.2) is 9.13 Å². The highest BCUT2D eigenvalue weighted by Crippen LogP contribution is 2.45. The first-order valence-electron chi connectivity index (χ1n) is 35.5. The molecule has 0 rings (SSSR count). The zero-order valence-electron chi connectivity index (χ0n) is 56.3. The Morgan fingerprint density at radius 3 is 0.782 bits per heavy atom. The maximum absolute atomic E-state index is 13.0. The summed E-state index contributed by atoms with van der Waals surface area (Å²) in [6.45, 7) is 9.35. The number of esters is 4. The van der Waals surface area contributed by atoms with E-state index in [1.807, 2.05) is 0 Å². The first kappa shape index (κ1) is 85.1. The number of phosphoric acid groups is 2. The molecule has 0 fully saturated rings. The standard InChI is InChI=1S/C68H132O17P2/c1-7-9-11-13-15-17-19-20-21-22-23-24-25-27-29-31-40-46-52-67(72)84-63(56-78-65(70)50-44-38-30-28-26-18-16-14-12-10-8-2)58-82-86(74,75)80-54-62(69)55-81-87(76,77)83-59-64(85-68(73)53-47-41-35-33-37-43-49-61(5)6)57-79-66(71)51-45-39-34-32-36-42-48-60(3)4/h60-64,69H,7-59H2,1-6H3,(H,74,75)(H,76,77)/t62-,63-,64-/m1/s1. The number of aliphatic hydroxyl groups excluding tert-OH is 1. The summed E-state index contributed by atoms with van der Waals surface area (Å²) in [7, 11) is -9.89. The van der Waals surface area contributed by atoms with Crippen molar-refractivity contribution in [3.63, 3.8) is 0 Å². The van der Waals surface area contributed by atoms with Gasteiger partial charge >= 0.3 is 39.5 Å². The number of hydrogen-bond acceptors (Lipinski definition) is 15. The summed E-state index contributed by atoms with van der Waals surface area (Å²) in [5, 5.41) is 10.6. The van der Waals surface area contributed by atoms with E-state index in [1.165, 1.54) is 154 Å². The Bertz CT molecular complexity index is 1700. The van der Waals surface area contributed by atoms with E-state index < -0.39 is 97.5 Å². The smallest absolute Gasteiger partial charge is 0.462 e. The summed E-state index contributed by atoms with van der Waals surface area (Å²) in [5.41, 5.74) is 0. The molecule has 2 unspecified atom stereocenters. The van der Waals surface area contributed by atoms with Crippen molar-refractivity contribution in [3.05, 3.63) is 0 Å². The molecule has 0 heterocycles. The van der Waals surface area contributed by atoms with Crippen LogP contribution < -0.4 is 0 Å². The number of ether oxygens (including phenoxy) is 4. The van der Waals surface area contributed by atoms with Crippen LogP contribution in [0.15, 0.2) is 0 Å². The number of carbonyl (C=O) groups is 4. The van der Waals surface area contributed by atoms with Crippen LogP contribution in [0.3, 0.4) is 0 Å². The molecule has 0 aliphatic rings. The number of carbonyl (C=O) groups excluding carboxylic acids is 4. The Morgan fingerprint density at radius 2 is 0.529 bits per heavy atom. The average Bonchev–Trinajstić information content (AvgIpc) is 3.50. The molecular weight excluding hydrogens is 1150 g/mol. The van der Waals surface area contributed by atoms with Gasteiger partial charge < -0.3 is 33.8 Å². The van der Waals surface area contributed by atoms with Crippen molar-refractivity contribution in [1.82, 2.24) is 0 Å². The normalized spacial score (nSPS) is 14.2. The van der Waals surface area contributed by atoms with Crippen LogP contribution in [0, 0.1) is 11.8 Å². The molecule has 0 radical (unpaired) electrons. The summed E-state index contributed by atoms with van der Waals surface area (Å²) in [6, 6.07) is 0. The summed E-state index contributed by atoms with van der Waals surface area (Å²) in [5.74, 6) is -0.785. The minimum Gasteiger partial charge on any atom is -0.462 e. The molecule has 0 amide bonds. The largest absolute Gasteiger partial charge is 0.472 e. The lowest BCUT2D eigenvalue weighted by Crippen LogP contribution is -2.30. The predicted octanol–water partition coefficient (Wildman–Crippen LogP) is 19.2. The van der Waals surface area contributed by atoms with Gasteiger partial charge in [0.2, 0.25) is 0 Å². The van der Waals surface area contributed by atoms with Gasteiger partial charge in [0.1, 0.15) is 19.3 Å². The topological polar surface area (TPSA) is 237 Å². The van der Waals surface area contributed by atoms with Crippen molar-refractivity contribution in [2.75, 3.05) is 39.6 Å². The molecule has 0 aromatic heterocycles. The highest BCUT2D eigenvalue weighted by Gasteiger charge is 2.30. The Hall–Kier alpha value is -1.94. The highest BCUT2D eigenvalue weighted by atomic mass is 31.2. The number of aliphatic hydroxyl groups is 1. The van der Waals surface area contributed by atoms with Crippen LogP contribution in [0.4, 0.5) is 0 Å². The molecule has 0 aromatic rings. The van der Waals surface area contributed by atoms with E-state index in [0.29, 0.717) is 37.5 Å². The maximum Gasteiger partial charge on any atom is 0.472 e. The lowest BCUT2D eigenvalue weighted by atomic mass is 10.0. The van der Waals surface area contributed by atoms with Gasteiger partial charge in [0.25, 0.3) is 0 Å². The molecule has 0 bridgehead atoms. The maximum atomic E-state index is 13.0. The Labute approximate surface area is 530 Å². The van der Waals surface area contributed by atoms with E-state index in [1.54, 1.807) is 0 Å². The second-order valence-electron chi connectivity index (χ2n) is 25.5. The van der Waals surface area contributed by atoms with E-state index >= 15 is 0 Å². The molecule has 19 heteroatoms. The van der Waals surface area contributed by atoms with Crippen LogP contribution >= 0.6 is 15.6 Å². The molecule has 0 saturated carbocycles. The Morgan fingerprint density at radius 1 is 0.310 bits per heavy atom. The SMILES string of the molecule is CCCCCCCCCCCCCCCCCCCCC(=O)O[C@H](COC(=O)CCCCCCCCCCCCC)COP(=O)(O)OC[C@@H](O)COP(=O)(O)OC[C@@H](COC(=O)CCCCCCCCC(C)C)OC(=O)CCCCCCCCC(C)C. The van der Waals surface area contributed by atoms with Crippen molar-refractivity contribution >= 4 is 39.5 Å². The van der Waals surface area contributed by atoms with Gasteiger partial charge in [-0.15, -0.1) is 0 Å². The third-order valence-electron chi connectivity index (χ3n) is 15.7. The van der Waals surface area contributed by atoms with Crippen LogP contribution in [0.5, 0.6) is 0 Å². The van der Waals surface area contributed by atoms with E-state index in [-0.39, 0.29) is 25.7 Å². The van der Waals surface area contributed by atoms with Gasteiger partial charge in [-0.2, -0.15) is 0 Å². The van der Waals surface area contributed by atoms with Gasteiger partial charge in [-0.1, -0.05) is 292 Å². The molecule has 17 nitrogen and oxygen atoms in total. The number of hydrogen-bond donors (Lipinski definition) is 3. The lowest BCUT2D eigenvalue weighted by molar-refractivity contribution is -0.161. The van der Waals surface area contributed by atoms with Gasteiger partial charge in [0, 0.05) is 25.7 Å². The quantitative estimate of drug-likeness (QED) is 0.0222. The van der Waals surface area contributed by atoms with Crippen molar-refractivity contribution in [2.24, 2.45) is 11.8 Å². The van der Waals surface area contributed by atoms with Crippen molar-refractivity contribution < 1.29 is 80.2 Å². The van der Waals surface area contributed by atoms with Crippen molar-refractivity contribution in [2.45, 2.75) is 362 Å². The van der Waals surface area contributed by atoms with Gasteiger partial charge in [-0.05, 0) is 37.5 Å². The number of rotatable bonds is 67. The van der Waals surface area contributed by atoms with Gasteiger partial charge in [-0.3, -0.25) is 37.3 Å². The predicted molar refractivity (Wildman–Crippen MR) is 349 cm³/mol. The van der Waals surface area contributed by atoms with Gasteiger partial charge in [0.05, 0.1) is 26.4 Å². The second-order valence-corrected chi connectivity index (χ2v) is 28.4. The van der Waals surface area contributed by atoms with E-state index in [0.717, 1.165) is 96.3 Å². The molecule has 5 atom stereocenters. The van der Waals surface area contributed by atoms with Crippen molar-refractivity contribution in [3.8, 4) is 0 Å². The lowest BCUT2D eigenvalue weighted by Gasteiger charge is -2.21. The average molecular weight is 1280 g/mol. The van der Waals surface area contributed by atoms with Crippen LogP contribution in [0.25, 0.3) is 0 Å². The molecule has 87 heavy (non-hydrogen) atoms. The molecule has 516 valence electrons. The van der Waals surface area contributed by atoms with E-state index in [9.17, 15) is 43.2 Å². The van der Waals surface area contributed by atoms with Crippen LogP contribution in [0.1, 0.15) is 343 Å². The molecule has 0 saturated heterocycles. The van der Waals surface area contributed by atoms with E-state index in [2.05, 4.69) is 41.5 Å². The summed E-state index contributed by atoms with van der Waals surface area (Å²) >= 11 is 0. The van der Waals surface area contributed by atoms with Crippen LogP contribution in [0.2, 0.25) is 0 Å². The minimum atomic E-state index is -4.95. The zero-order chi connectivity index (χ0) is 64.3. The monoisotopic (exact) mass is 1280 g/mol. The van der Waals surface area contributed by atoms with Crippen LogP contribution in [-0.4, -0.2) is 96.7 Å².